The minimum atomic E-state index is -4.49. The zero-order valence-electron chi connectivity index (χ0n) is 14.9. The highest BCUT2D eigenvalue weighted by atomic mass is 19.4. The van der Waals surface area contributed by atoms with Crippen molar-refractivity contribution in [3.63, 3.8) is 0 Å². The van der Waals surface area contributed by atoms with Gasteiger partial charge in [0.05, 0.1) is 12.1 Å². The standard InChI is InChI=1S/C21H21F3N2O/c22-21(23,24)18-17-13-16(25)12-15-9-4-10-26(19(15)17)20(18)27-11-5-8-14-6-2-1-3-7-14/h1-3,6-7,12-13H,4-5,8-11,25H2. The number of nitrogens with two attached hydrogens (primary N) is 1. The monoisotopic (exact) mass is 374 g/mol. The van der Waals surface area contributed by atoms with Gasteiger partial charge in [-0.25, -0.2) is 0 Å². The van der Waals surface area contributed by atoms with E-state index in [1.54, 1.807) is 10.6 Å². The van der Waals surface area contributed by atoms with Gasteiger partial charge in [-0.1, -0.05) is 30.3 Å². The van der Waals surface area contributed by atoms with Gasteiger partial charge in [-0.3, -0.25) is 0 Å². The van der Waals surface area contributed by atoms with E-state index >= 15 is 0 Å². The highest BCUT2D eigenvalue weighted by molar-refractivity contribution is 5.93. The number of alkyl halides is 3. The molecule has 0 atom stereocenters. The summed E-state index contributed by atoms with van der Waals surface area (Å²) in [7, 11) is 0. The summed E-state index contributed by atoms with van der Waals surface area (Å²) >= 11 is 0. The highest BCUT2D eigenvalue weighted by Gasteiger charge is 2.41. The summed E-state index contributed by atoms with van der Waals surface area (Å²) in [5, 5.41) is 0.148. The van der Waals surface area contributed by atoms with Crippen molar-refractivity contribution >= 4 is 16.6 Å². The Bertz CT molecular complexity index is 961. The van der Waals surface area contributed by atoms with Crippen LogP contribution >= 0.6 is 0 Å². The van der Waals surface area contributed by atoms with Crippen LogP contribution in [-0.2, 0) is 25.6 Å². The number of rotatable bonds is 5. The van der Waals surface area contributed by atoms with Gasteiger partial charge in [0, 0.05) is 17.6 Å². The molecular weight excluding hydrogens is 353 g/mol. The molecule has 0 aliphatic carbocycles. The molecule has 6 heteroatoms. The van der Waals surface area contributed by atoms with E-state index in [1.165, 1.54) is 6.07 Å². The fraction of sp³-hybridized carbons (Fsp3) is 0.333. The smallest absolute Gasteiger partial charge is 0.422 e. The Labute approximate surface area is 155 Å². The molecule has 0 saturated heterocycles. The van der Waals surface area contributed by atoms with Gasteiger partial charge in [-0.05, 0) is 48.9 Å². The molecular formula is C21H21F3N2O. The van der Waals surface area contributed by atoms with E-state index in [1.807, 2.05) is 30.3 Å². The van der Waals surface area contributed by atoms with Crippen molar-refractivity contribution in [1.29, 1.82) is 0 Å². The van der Waals surface area contributed by atoms with E-state index in [4.69, 9.17) is 10.5 Å². The largest absolute Gasteiger partial charge is 0.478 e. The van der Waals surface area contributed by atoms with Crippen LogP contribution in [0.15, 0.2) is 42.5 Å². The molecule has 3 nitrogen and oxygen atoms in total. The Balaban J connectivity index is 1.66. The molecule has 3 aromatic rings. The Morgan fingerprint density at radius 1 is 1.11 bits per heavy atom. The van der Waals surface area contributed by atoms with Crippen LogP contribution in [0.1, 0.15) is 29.5 Å². The second kappa shape index (κ2) is 6.83. The molecule has 2 heterocycles. The van der Waals surface area contributed by atoms with Crippen LogP contribution in [0.3, 0.4) is 0 Å². The number of ether oxygens (including phenoxy) is 1. The predicted octanol–water partition coefficient (Wildman–Crippen LogP) is 5.20. The van der Waals surface area contributed by atoms with Gasteiger partial charge in [-0.15, -0.1) is 0 Å². The normalized spacial score (nSPS) is 13.9. The SMILES string of the molecule is Nc1cc2c3c(c1)c(C(F)(F)F)c(OCCCc1ccccc1)n3CCC2. The van der Waals surface area contributed by atoms with Crippen LogP contribution in [0.2, 0.25) is 0 Å². The number of aromatic nitrogens is 1. The fourth-order valence-electron chi connectivity index (χ4n) is 3.93. The first-order chi connectivity index (χ1) is 12.9. The maximum absolute atomic E-state index is 13.9. The van der Waals surface area contributed by atoms with Crippen LogP contribution in [-0.4, -0.2) is 11.2 Å². The third-order valence-electron chi connectivity index (χ3n) is 5.01. The first kappa shape index (κ1) is 17.8. The summed E-state index contributed by atoms with van der Waals surface area (Å²) in [4.78, 5) is 0. The molecule has 1 aliphatic heterocycles. The van der Waals surface area contributed by atoms with Crippen LogP contribution in [0, 0.1) is 0 Å². The molecule has 0 spiro atoms. The van der Waals surface area contributed by atoms with Crippen LogP contribution in [0.25, 0.3) is 10.9 Å². The summed E-state index contributed by atoms with van der Waals surface area (Å²) in [6, 6.07) is 13.0. The van der Waals surface area contributed by atoms with Gasteiger partial charge in [0.1, 0.15) is 5.56 Å². The maximum Gasteiger partial charge on any atom is 0.422 e. The summed E-state index contributed by atoms with van der Waals surface area (Å²) in [5.74, 6) is -0.0721. The van der Waals surface area contributed by atoms with Gasteiger partial charge in [0.2, 0.25) is 5.88 Å². The zero-order chi connectivity index (χ0) is 19.0. The molecule has 1 aliphatic rings. The number of halogens is 3. The molecule has 2 aromatic carbocycles. The first-order valence-electron chi connectivity index (χ1n) is 9.13. The number of hydrogen-bond acceptors (Lipinski definition) is 2. The quantitative estimate of drug-likeness (QED) is 0.493. The lowest BCUT2D eigenvalue weighted by Crippen LogP contribution is -2.13. The van der Waals surface area contributed by atoms with Crippen LogP contribution < -0.4 is 10.5 Å². The summed E-state index contributed by atoms with van der Waals surface area (Å²) in [6.07, 6.45) is -1.57. The lowest BCUT2D eigenvalue weighted by Gasteiger charge is -2.18. The van der Waals surface area contributed by atoms with Crippen molar-refractivity contribution in [2.24, 2.45) is 0 Å². The molecule has 0 saturated carbocycles. The van der Waals surface area contributed by atoms with E-state index in [9.17, 15) is 13.2 Å². The average Bonchev–Trinajstić information content (AvgIpc) is 2.94. The fourth-order valence-corrected chi connectivity index (χ4v) is 3.93. The number of benzene rings is 2. The summed E-state index contributed by atoms with van der Waals surface area (Å²) < 4.78 is 49.0. The maximum atomic E-state index is 13.9. The van der Waals surface area contributed by atoms with Crippen LogP contribution in [0.5, 0.6) is 5.88 Å². The molecule has 2 N–H and O–H groups in total. The topological polar surface area (TPSA) is 40.2 Å². The lowest BCUT2D eigenvalue weighted by atomic mass is 10.0. The Morgan fingerprint density at radius 3 is 2.63 bits per heavy atom. The molecule has 27 heavy (non-hydrogen) atoms. The van der Waals surface area contributed by atoms with Gasteiger partial charge in [-0.2, -0.15) is 13.2 Å². The second-order valence-corrected chi connectivity index (χ2v) is 6.95. The second-order valence-electron chi connectivity index (χ2n) is 6.95. The van der Waals surface area contributed by atoms with Crippen molar-refractivity contribution in [2.45, 2.75) is 38.4 Å². The molecule has 0 bridgehead atoms. The molecule has 1 aromatic heterocycles. The van der Waals surface area contributed by atoms with Crippen LogP contribution in [0.4, 0.5) is 18.9 Å². The van der Waals surface area contributed by atoms with Gasteiger partial charge in [0.25, 0.3) is 0 Å². The molecule has 4 rings (SSSR count). The minimum Gasteiger partial charge on any atom is -0.478 e. The van der Waals surface area contributed by atoms with E-state index < -0.39 is 11.7 Å². The summed E-state index contributed by atoms with van der Waals surface area (Å²) in [6.45, 7) is 0.761. The van der Waals surface area contributed by atoms with Gasteiger partial charge < -0.3 is 15.0 Å². The van der Waals surface area contributed by atoms with Crippen molar-refractivity contribution < 1.29 is 17.9 Å². The van der Waals surface area contributed by atoms with Gasteiger partial charge in [0.15, 0.2) is 0 Å². The van der Waals surface area contributed by atoms with Crippen molar-refractivity contribution in [3.8, 4) is 5.88 Å². The highest BCUT2D eigenvalue weighted by Crippen LogP contribution is 2.46. The lowest BCUT2D eigenvalue weighted by molar-refractivity contribution is -0.137. The average molecular weight is 374 g/mol. The molecule has 0 fully saturated rings. The number of nitrogen functional groups attached to an aromatic ring is 1. The molecule has 0 unspecified atom stereocenters. The van der Waals surface area contributed by atoms with Crippen molar-refractivity contribution in [2.75, 3.05) is 12.3 Å². The minimum absolute atomic E-state index is 0.0721. The third kappa shape index (κ3) is 3.36. The van der Waals surface area contributed by atoms with E-state index in [0.717, 1.165) is 30.4 Å². The number of anilines is 1. The first-order valence-corrected chi connectivity index (χ1v) is 9.13. The molecule has 0 amide bonds. The number of aryl methyl sites for hydroxylation is 3. The molecule has 0 radical (unpaired) electrons. The third-order valence-corrected chi connectivity index (χ3v) is 5.01. The number of nitrogens with zero attached hydrogens (tertiary/aromatic N) is 1. The zero-order valence-corrected chi connectivity index (χ0v) is 14.9. The van der Waals surface area contributed by atoms with Gasteiger partial charge >= 0.3 is 6.18 Å². The van der Waals surface area contributed by atoms with Crippen molar-refractivity contribution in [1.82, 2.24) is 4.57 Å². The Morgan fingerprint density at radius 2 is 1.89 bits per heavy atom. The predicted molar refractivity (Wildman–Crippen MR) is 99.9 cm³/mol. The van der Waals surface area contributed by atoms with E-state index in [-0.39, 0.29) is 17.9 Å². The van der Waals surface area contributed by atoms with E-state index in [0.29, 0.717) is 24.2 Å². The van der Waals surface area contributed by atoms with Crippen molar-refractivity contribution in [3.05, 3.63) is 59.2 Å². The Kier molecular flexibility index (Phi) is 4.50. The molecule has 142 valence electrons. The Hall–Kier alpha value is -2.63. The van der Waals surface area contributed by atoms with E-state index in [2.05, 4.69) is 0 Å². The number of hydrogen-bond donors (Lipinski definition) is 1. The summed E-state index contributed by atoms with van der Waals surface area (Å²) in [5.41, 5.74) is 8.14.